The van der Waals surface area contributed by atoms with Gasteiger partial charge in [-0.05, 0) is 19.3 Å². The number of aryl methyl sites for hydroxylation is 1. The lowest BCUT2D eigenvalue weighted by Crippen LogP contribution is -2.31. The smallest absolute Gasteiger partial charge is 0.235 e. The third kappa shape index (κ3) is 2.72. The summed E-state index contributed by atoms with van der Waals surface area (Å²) in [5.41, 5.74) is 2.26. The van der Waals surface area contributed by atoms with E-state index in [4.69, 9.17) is 16.6 Å². The molecule has 0 bridgehead atoms. The molecule has 1 N–H and O–H groups in total. The van der Waals surface area contributed by atoms with Crippen LogP contribution in [0, 0.1) is 0 Å². The molecule has 1 aliphatic rings. The van der Waals surface area contributed by atoms with E-state index in [1.54, 1.807) is 11.3 Å². The van der Waals surface area contributed by atoms with E-state index in [0.29, 0.717) is 0 Å². The molecule has 0 spiro atoms. The number of carbonyl (C=O) groups is 1. The maximum atomic E-state index is 11.5. The Morgan fingerprint density at radius 1 is 1.40 bits per heavy atom. The number of halogens is 1. The molecular formula is C15H15ClN2OS. The van der Waals surface area contributed by atoms with Crippen molar-refractivity contribution in [2.45, 2.75) is 25.3 Å². The standard InChI is InChI=1S/C15H15ClN2OS/c16-9-13(19)17-11-7-4-8-12-14(11)20-15(18-12)10-5-2-1-3-6-10/h1-3,5-6,11H,4,7-9H2,(H,17,19). The van der Waals surface area contributed by atoms with Crippen LogP contribution in [0.5, 0.6) is 0 Å². The molecule has 1 aromatic heterocycles. The van der Waals surface area contributed by atoms with E-state index in [9.17, 15) is 4.79 Å². The first-order valence-corrected chi connectivity index (χ1v) is 8.03. The minimum Gasteiger partial charge on any atom is -0.347 e. The summed E-state index contributed by atoms with van der Waals surface area (Å²) in [4.78, 5) is 17.4. The average Bonchev–Trinajstić information content (AvgIpc) is 2.93. The molecule has 1 unspecified atom stereocenters. The fraction of sp³-hybridized carbons (Fsp3) is 0.333. The number of nitrogens with one attached hydrogen (secondary N) is 1. The van der Waals surface area contributed by atoms with E-state index < -0.39 is 0 Å². The highest BCUT2D eigenvalue weighted by molar-refractivity contribution is 7.15. The Hall–Kier alpha value is -1.39. The van der Waals surface area contributed by atoms with Gasteiger partial charge < -0.3 is 5.32 Å². The van der Waals surface area contributed by atoms with Gasteiger partial charge in [0.1, 0.15) is 10.9 Å². The lowest BCUT2D eigenvalue weighted by molar-refractivity contribution is -0.119. The number of alkyl halides is 1. The van der Waals surface area contributed by atoms with Crippen molar-refractivity contribution in [2.75, 3.05) is 5.88 Å². The van der Waals surface area contributed by atoms with Crippen LogP contribution in [0.15, 0.2) is 30.3 Å². The van der Waals surface area contributed by atoms with Crippen LogP contribution in [0.25, 0.3) is 10.6 Å². The zero-order chi connectivity index (χ0) is 13.9. The van der Waals surface area contributed by atoms with Crippen molar-refractivity contribution in [1.29, 1.82) is 0 Å². The number of nitrogens with zero attached hydrogens (tertiary/aromatic N) is 1. The van der Waals surface area contributed by atoms with Gasteiger partial charge >= 0.3 is 0 Å². The van der Waals surface area contributed by atoms with Gasteiger partial charge in [-0.1, -0.05) is 30.3 Å². The highest BCUT2D eigenvalue weighted by atomic mass is 35.5. The minimum atomic E-state index is -0.112. The van der Waals surface area contributed by atoms with Crippen LogP contribution in [0.4, 0.5) is 0 Å². The molecular weight excluding hydrogens is 292 g/mol. The van der Waals surface area contributed by atoms with Gasteiger partial charge in [-0.25, -0.2) is 4.98 Å². The maximum Gasteiger partial charge on any atom is 0.235 e. The van der Waals surface area contributed by atoms with Crippen molar-refractivity contribution in [3.63, 3.8) is 0 Å². The summed E-state index contributed by atoms with van der Waals surface area (Å²) >= 11 is 7.26. The fourth-order valence-electron chi connectivity index (χ4n) is 2.49. The van der Waals surface area contributed by atoms with E-state index in [1.807, 2.05) is 18.2 Å². The third-order valence-electron chi connectivity index (χ3n) is 3.43. The lowest BCUT2D eigenvalue weighted by atomic mass is 9.98. The summed E-state index contributed by atoms with van der Waals surface area (Å²) < 4.78 is 0. The van der Waals surface area contributed by atoms with Gasteiger partial charge in [-0.2, -0.15) is 0 Å². The molecule has 20 heavy (non-hydrogen) atoms. The largest absolute Gasteiger partial charge is 0.347 e. The van der Waals surface area contributed by atoms with E-state index in [1.165, 1.54) is 4.88 Å². The minimum absolute atomic E-state index is 0.0101. The molecule has 1 heterocycles. The predicted octanol–water partition coefficient (Wildman–Crippen LogP) is 3.54. The van der Waals surface area contributed by atoms with E-state index in [0.717, 1.165) is 35.5 Å². The monoisotopic (exact) mass is 306 g/mol. The van der Waals surface area contributed by atoms with Gasteiger partial charge in [0.2, 0.25) is 5.91 Å². The number of aromatic nitrogens is 1. The first-order valence-electron chi connectivity index (χ1n) is 6.68. The normalized spacial score (nSPS) is 17.6. The number of carbonyl (C=O) groups excluding carboxylic acids is 1. The quantitative estimate of drug-likeness (QED) is 0.881. The molecule has 104 valence electrons. The molecule has 0 saturated heterocycles. The molecule has 3 rings (SSSR count). The molecule has 0 radical (unpaired) electrons. The summed E-state index contributed by atoms with van der Waals surface area (Å²) in [5.74, 6) is -0.102. The Morgan fingerprint density at radius 2 is 2.20 bits per heavy atom. The Kier molecular flexibility index (Phi) is 4.03. The second kappa shape index (κ2) is 5.94. The maximum absolute atomic E-state index is 11.5. The second-order valence-electron chi connectivity index (χ2n) is 4.84. The molecule has 1 amide bonds. The SMILES string of the molecule is O=C(CCl)NC1CCCc2nc(-c3ccccc3)sc21. The van der Waals surface area contributed by atoms with Crippen LogP contribution >= 0.6 is 22.9 Å². The van der Waals surface area contributed by atoms with Gasteiger partial charge in [0.25, 0.3) is 0 Å². The van der Waals surface area contributed by atoms with Crippen molar-refractivity contribution in [1.82, 2.24) is 10.3 Å². The van der Waals surface area contributed by atoms with Gasteiger partial charge in [0.15, 0.2) is 0 Å². The molecule has 5 heteroatoms. The highest BCUT2D eigenvalue weighted by Crippen LogP contribution is 2.37. The highest BCUT2D eigenvalue weighted by Gasteiger charge is 2.25. The molecule has 1 aromatic carbocycles. The van der Waals surface area contributed by atoms with Gasteiger partial charge in [-0.3, -0.25) is 4.79 Å². The number of hydrogen-bond donors (Lipinski definition) is 1. The second-order valence-corrected chi connectivity index (χ2v) is 6.14. The van der Waals surface area contributed by atoms with Crippen molar-refractivity contribution in [2.24, 2.45) is 0 Å². The molecule has 0 aliphatic heterocycles. The van der Waals surface area contributed by atoms with Gasteiger partial charge in [-0.15, -0.1) is 22.9 Å². The molecule has 1 atom stereocenters. The number of rotatable bonds is 3. The molecule has 0 saturated carbocycles. The lowest BCUT2D eigenvalue weighted by Gasteiger charge is -2.21. The molecule has 1 aliphatic carbocycles. The summed E-state index contributed by atoms with van der Waals surface area (Å²) in [6.45, 7) is 0. The van der Waals surface area contributed by atoms with Crippen LogP contribution in [0.2, 0.25) is 0 Å². The molecule has 0 fully saturated rings. The third-order valence-corrected chi connectivity index (χ3v) is 4.93. The van der Waals surface area contributed by atoms with Crippen molar-refractivity contribution in [3.05, 3.63) is 40.9 Å². The van der Waals surface area contributed by atoms with Crippen LogP contribution in [-0.2, 0) is 11.2 Å². The van der Waals surface area contributed by atoms with Gasteiger partial charge in [0.05, 0.1) is 16.6 Å². The number of hydrogen-bond acceptors (Lipinski definition) is 3. The zero-order valence-electron chi connectivity index (χ0n) is 10.9. The van der Waals surface area contributed by atoms with E-state index >= 15 is 0 Å². The zero-order valence-corrected chi connectivity index (χ0v) is 12.5. The Morgan fingerprint density at radius 3 is 2.95 bits per heavy atom. The average molecular weight is 307 g/mol. The number of fused-ring (bicyclic) bond motifs is 1. The van der Waals surface area contributed by atoms with Crippen LogP contribution in [-0.4, -0.2) is 16.8 Å². The van der Waals surface area contributed by atoms with Crippen LogP contribution in [0.3, 0.4) is 0 Å². The summed E-state index contributed by atoms with van der Waals surface area (Å²) in [6.07, 6.45) is 3.01. The van der Waals surface area contributed by atoms with Gasteiger partial charge in [0, 0.05) is 5.56 Å². The predicted molar refractivity (Wildman–Crippen MR) is 82.1 cm³/mol. The number of benzene rings is 1. The number of amides is 1. The van der Waals surface area contributed by atoms with E-state index in [2.05, 4.69) is 17.4 Å². The topological polar surface area (TPSA) is 42.0 Å². The molecule has 2 aromatic rings. The first kappa shape index (κ1) is 13.6. The summed E-state index contributed by atoms with van der Waals surface area (Å²) in [7, 11) is 0. The first-order chi connectivity index (χ1) is 9.78. The van der Waals surface area contributed by atoms with E-state index in [-0.39, 0.29) is 17.8 Å². The fourth-order valence-corrected chi connectivity index (χ4v) is 3.77. The Labute approximate surface area is 127 Å². The van der Waals surface area contributed by atoms with Crippen molar-refractivity contribution >= 4 is 28.8 Å². The summed E-state index contributed by atoms with van der Waals surface area (Å²) in [6, 6.07) is 10.2. The summed E-state index contributed by atoms with van der Waals surface area (Å²) in [5, 5.41) is 4.02. The molecule has 3 nitrogen and oxygen atoms in total. The van der Waals surface area contributed by atoms with Crippen molar-refractivity contribution < 1.29 is 4.79 Å². The Balaban J connectivity index is 1.91. The van der Waals surface area contributed by atoms with Crippen LogP contribution < -0.4 is 5.32 Å². The number of thiazole rings is 1. The van der Waals surface area contributed by atoms with Crippen LogP contribution in [0.1, 0.15) is 29.5 Å². The Bertz CT molecular complexity index is 612. The van der Waals surface area contributed by atoms with Crippen molar-refractivity contribution in [3.8, 4) is 10.6 Å².